The summed E-state index contributed by atoms with van der Waals surface area (Å²) in [5.74, 6) is -5.97. The van der Waals surface area contributed by atoms with Gasteiger partial charge in [0.15, 0.2) is 0 Å². The van der Waals surface area contributed by atoms with Crippen molar-refractivity contribution in [2.24, 2.45) is 11.5 Å². The van der Waals surface area contributed by atoms with Crippen LogP contribution in [0, 0.1) is 0 Å². The van der Waals surface area contributed by atoms with Crippen LogP contribution < -0.4 is 27.4 Å². The SMILES string of the molecule is C[C@H](NC(=O)[C@@H]1CCCN1C(=O)[C@H](Cc1c[nH]c2ccccc12)NC(=O)[C@@H](N)CCC(=O)O)C(=O)N[C@@H](CCC(N)=O)C(=O)O. The normalized spacial score (nSPS) is 17.1. The molecule has 2 heterocycles. The van der Waals surface area contributed by atoms with E-state index in [1.54, 1.807) is 6.20 Å². The van der Waals surface area contributed by atoms with Crippen LogP contribution >= 0.6 is 0 Å². The van der Waals surface area contributed by atoms with Gasteiger partial charge < -0.3 is 47.5 Å². The lowest BCUT2D eigenvalue weighted by atomic mass is 10.0. The van der Waals surface area contributed by atoms with Crippen LogP contribution in [0.4, 0.5) is 0 Å². The summed E-state index contributed by atoms with van der Waals surface area (Å²) >= 11 is 0. The molecule has 1 fully saturated rings. The van der Waals surface area contributed by atoms with Crippen molar-refractivity contribution >= 4 is 52.4 Å². The molecule has 244 valence electrons. The zero-order chi connectivity index (χ0) is 33.3. The number of carbonyl (C=O) groups excluding carboxylic acids is 5. The molecule has 45 heavy (non-hydrogen) atoms. The minimum atomic E-state index is -1.40. The monoisotopic (exact) mass is 629 g/mol. The van der Waals surface area contributed by atoms with Gasteiger partial charge in [-0.15, -0.1) is 0 Å². The summed E-state index contributed by atoms with van der Waals surface area (Å²) < 4.78 is 0. The summed E-state index contributed by atoms with van der Waals surface area (Å²) in [5.41, 5.74) is 12.5. The van der Waals surface area contributed by atoms with Crippen LogP contribution in [0.15, 0.2) is 30.5 Å². The zero-order valence-electron chi connectivity index (χ0n) is 24.8. The number of aromatic nitrogens is 1. The molecule has 2 aromatic rings. The molecular formula is C29H39N7O9. The molecule has 16 heteroatoms. The summed E-state index contributed by atoms with van der Waals surface area (Å²) in [4.78, 5) is 90.7. The van der Waals surface area contributed by atoms with E-state index in [4.69, 9.17) is 16.6 Å². The van der Waals surface area contributed by atoms with E-state index in [2.05, 4.69) is 20.9 Å². The number of aliphatic carboxylic acids is 2. The molecule has 1 aliphatic rings. The number of benzene rings is 1. The molecule has 0 radical (unpaired) electrons. The predicted molar refractivity (Wildman–Crippen MR) is 159 cm³/mol. The second-order valence-electron chi connectivity index (χ2n) is 11.0. The van der Waals surface area contributed by atoms with Gasteiger partial charge in [-0.3, -0.25) is 28.8 Å². The van der Waals surface area contributed by atoms with E-state index in [0.717, 1.165) is 16.5 Å². The summed E-state index contributed by atoms with van der Waals surface area (Å²) in [6.07, 6.45) is 1.51. The highest BCUT2D eigenvalue weighted by Gasteiger charge is 2.39. The summed E-state index contributed by atoms with van der Waals surface area (Å²) in [7, 11) is 0. The number of hydrogen-bond acceptors (Lipinski definition) is 8. The van der Waals surface area contributed by atoms with E-state index in [-0.39, 0.29) is 45.1 Å². The second kappa shape index (κ2) is 15.7. The number of aromatic amines is 1. The van der Waals surface area contributed by atoms with E-state index in [1.165, 1.54) is 11.8 Å². The number of carbonyl (C=O) groups is 7. The van der Waals surface area contributed by atoms with Gasteiger partial charge in [0.1, 0.15) is 24.2 Å². The summed E-state index contributed by atoms with van der Waals surface area (Å²) in [6.45, 7) is 1.54. The molecule has 0 bridgehead atoms. The van der Waals surface area contributed by atoms with E-state index >= 15 is 0 Å². The number of primary amides is 1. The molecule has 3 rings (SSSR count). The minimum absolute atomic E-state index is 0.0474. The second-order valence-corrected chi connectivity index (χ2v) is 11.0. The maximum absolute atomic E-state index is 13.9. The van der Waals surface area contributed by atoms with Crippen molar-refractivity contribution < 1.29 is 43.8 Å². The van der Waals surface area contributed by atoms with Crippen molar-refractivity contribution in [3.8, 4) is 0 Å². The predicted octanol–water partition coefficient (Wildman–Crippen LogP) is -1.28. The van der Waals surface area contributed by atoms with Crippen molar-refractivity contribution in [3.63, 3.8) is 0 Å². The number of fused-ring (bicyclic) bond motifs is 1. The Morgan fingerprint density at radius 1 is 0.978 bits per heavy atom. The lowest BCUT2D eigenvalue weighted by Gasteiger charge is -2.30. The van der Waals surface area contributed by atoms with Gasteiger partial charge in [0.25, 0.3) is 0 Å². The number of likely N-dealkylation sites (tertiary alicyclic amines) is 1. The van der Waals surface area contributed by atoms with Crippen molar-refractivity contribution in [1.82, 2.24) is 25.8 Å². The fraction of sp³-hybridized carbons (Fsp3) is 0.483. The molecule has 0 aliphatic carbocycles. The standard InChI is InChI=1S/C29H39N7O9/c1-15(25(40)34-20(29(44)45)9-10-23(31)37)33-27(42)22-7-4-12-36(22)28(43)21(35-26(41)18(30)8-11-24(38)39)13-16-14-32-19-6-3-2-5-17(16)19/h2-3,5-6,14-15,18,20-22,32H,4,7-13,30H2,1H3,(H2,31,37)(H,33,42)(H,34,40)(H,35,41)(H,38,39)(H,44,45)/t15-,18-,20-,21-,22-/m0/s1. The van der Waals surface area contributed by atoms with Crippen LogP contribution in [0.5, 0.6) is 0 Å². The average Bonchev–Trinajstić information content (AvgIpc) is 3.64. The van der Waals surface area contributed by atoms with Crippen LogP contribution in [-0.2, 0) is 40.0 Å². The smallest absolute Gasteiger partial charge is 0.326 e. The van der Waals surface area contributed by atoms with Crippen LogP contribution in [0.2, 0.25) is 0 Å². The lowest BCUT2D eigenvalue weighted by Crippen LogP contribution is -2.58. The van der Waals surface area contributed by atoms with Gasteiger partial charge in [0.05, 0.1) is 6.04 Å². The third kappa shape index (κ3) is 9.50. The zero-order valence-corrected chi connectivity index (χ0v) is 24.8. The number of carboxylic acid groups (broad SMARTS) is 2. The fourth-order valence-corrected chi connectivity index (χ4v) is 5.13. The van der Waals surface area contributed by atoms with E-state index in [9.17, 15) is 38.7 Å². The van der Waals surface area contributed by atoms with E-state index in [1.807, 2.05) is 24.3 Å². The first kappa shape index (κ1) is 34.5. The van der Waals surface area contributed by atoms with Gasteiger partial charge in [-0.2, -0.15) is 0 Å². The largest absolute Gasteiger partial charge is 0.481 e. The van der Waals surface area contributed by atoms with Crippen molar-refractivity contribution in [3.05, 3.63) is 36.0 Å². The number of rotatable bonds is 16. The first-order chi connectivity index (χ1) is 21.3. The summed E-state index contributed by atoms with van der Waals surface area (Å²) in [6, 6.07) is 1.47. The maximum Gasteiger partial charge on any atom is 0.326 e. The number of nitrogens with zero attached hydrogens (tertiary/aromatic N) is 1. The molecule has 16 nitrogen and oxygen atoms in total. The molecule has 1 aromatic heterocycles. The van der Waals surface area contributed by atoms with Crippen LogP contribution in [0.1, 0.15) is 51.0 Å². The Kier molecular flexibility index (Phi) is 12.0. The first-order valence-electron chi connectivity index (χ1n) is 14.5. The number of hydrogen-bond donors (Lipinski definition) is 8. The lowest BCUT2D eigenvalue weighted by molar-refractivity contribution is -0.143. The molecular weight excluding hydrogens is 590 g/mol. The van der Waals surface area contributed by atoms with E-state index in [0.29, 0.717) is 6.42 Å². The van der Waals surface area contributed by atoms with Gasteiger partial charge >= 0.3 is 11.9 Å². The quantitative estimate of drug-likeness (QED) is 0.109. The van der Waals surface area contributed by atoms with Crippen molar-refractivity contribution in [2.75, 3.05) is 6.54 Å². The Labute approximate surface area is 258 Å². The number of H-pyrrole nitrogens is 1. The number of nitrogens with two attached hydrogens (primary N) is 2. The third-order valence-electron chi connectivity index (χ3n) is 7.60. The van der Waals surface area contributed by atoms with Gasteiger partial charge in [-0.1, -0.05) is 18.2 Å². The van der Waals surface area contributed by atoms with Crippen molar-refractivity contribution in [2.45, 2.75) is 82.1 Å². The Bertz CT molecular complexity index is 1440. The van der Waals surface area contributed by atoms with Gasteiger partial charge in [0.2, 0.25) is 29.5 Å². The molecule has 5 amide bonds. The highest BCUT2D eigenvalue weighted by atomic mass is 16.4. The van der Waals surface area contributed by atoms with Crippen LogP contribution in [0.3, 0.4) is 0 Å². The van der Waals surface area contributed by atoms with Gasteiger partial charge in [0, 0.05) is 42.9 Å². The molecule has 5 atom stereocenters. The van der Waals surface area contributed by atoms with Crippen LogP contribution in [-0.4, -0.2) is 98.3 Å². The Morgan fingerprint density at radius 2 is 1.67 bits per heavy atom. The highest BCUT2D eigenvalue weighted by molar-refractivity contribution is 5.96. The molecule has 1 aromatic carbocycles. The molecule has 0 saturated carbocycles. The van der Waals surface area contributed by atoms with Gasteiger partial charge in [-0.25, -0.2) is 4.79 Å². The van der Waals surface area contributed by atoms with Crippen molar-refractivity contribution in [1.29, 1.82) is 0 Å². The number of amides is 5. The highest BCUT2D eigenvalue weighted by Crippen LogP contribution is 2.23. The average molecular weight is 630 g/mol. The maximum atomic E-state index is 13.9. The third-order valence-corrected chi connectivity index (χ3v) is 7.60. The molecule has 10 N–H and O–H groups in total. The molecule has 0 spiro atoms. The van der Waals surface area contributed by atoms with Gasteiger partial charge in [-0.05, 0) is 44.2 Å². The topological polar surface area (TPSA) is 267 Å². The Balaban J connectivity index is 1.74. The van der Waals surface area contributed by atoms with Crippen LogP contribution in [0.25, 0.3) is 10.9 Å². The summed E-state index contributed by atoms with van der Waals surface area (Å²) in [5, 5.41) is 26.6. The Hall–Kier alpha value is -4.99. The minimum Gasteiger partial charge on any atom is -0.481 e. The number of nitrogens with one attached hydrogen (secondary N) is 4. The van der Waals surface area contributed by atoms with E-state index < -0.39 is 71.7 Å². The molecule has 1 saturated heterocycles. The molecule has 1 aliphatic heterocycles. The fourth-order valence-electron chi connectivity index (χ4n) is 5.13. The number of carboxylic acids is 2. The Morgan fingerprint density at radius 3 is 2.33 bits per heavy atom. The first-order valence-corrected chi connectivity index (χ1v) is 14.5. The molecule has 0 unspecified atom stereocenters. The number of para-hydroxylation sites is 1.